The zero-order valence-corrected chi connectivity index (χ0v) is 29.8. The Morgan fingerprint density at radius 2 is 1.02 bits per heavy atom. The molecule has 0 unspecified atom stereocenters. The molecule has 0 aliphatic rings. The van der Waals surface area contributed by atoms with Crippen LogP contribution in [0.15, 0.2) is 194 Å². The van der Waals surface area contributed by atoms with Gasteiger partial charge in [-0.2, -0.15) is 0 Å². The monoisotopic (exact) mass is 700 g/mol. The fraction of sp³-hybridized carbons (Fsp3) is 0. The minimum Gasteiger partial charge on any atom is -0.309 e. The Bertz CT molecular complexity index is 3230. The van der Waals surface area contributed by atoms with Crippen LogP contribution in [0.5, 0.6) is 0 Å². The van der Waals surface area contributed by atoms with Gasteiger partial charge < -0.3 is 4.57 Å². The zero-order valence-electron chi connectivity index (χ0n) is 29.8. The summed E-state index contributed by atoms with van der Waals surface area (Å²) in [7, 11) is 0. The summed E-state index contributed by atoms with van der Waals surface area (Å²) < 4.78 is 2.40. The lowest BCUT2D eigenvalue weighted by molar-refractivity contribution is 1.17. The highest BCUT2D eigenvalue weighted by Gasteiger charge is 2.19. The van der Waals surface area contributed by atoms with Gasteiger partial charge in [0.05, 0.1) is 16.7 Å². The van der Waals surface area contributed by atoms with Crippen molar-refractivity contribution in [3.8, 4) is 50.6 Å². The minimum atomic E-state index is 0.648. The van der Waals surface area contributed by atoms with Gasteiger partial charge in [-0.05, 0) is 98.4 Å². The second kappa shape index (κ2) is 12.6. The number of benzene rings is 8. The molecular formula is C51H32N4. The molecule has 0 bridgehead atoms. The van der Waals surface area contributed by atoms with Crippen LogP contribution < -0.4 is 0 Å². The number of pyridine rings is 1. The van der Waals surface area contributed by atoms with Gasteiger partial charge in [-0.15, -0.1) is 0 Å². The summed E-state index contributed by atoms with van der Waals surface area (Å²) in [4.78, 5) is 14.9. The van der Waals surface area contributed by atoms with Crippen LogP contribution in [0.3, 0.4) is 0 Å². The van der Waals surface area contributed by atoms with E-state index in [0.717, 1.165) is 38.8 Å². The van der Waals surface area contributed by atoms with Crippen LogP contribution in [0.1, 0.15) is 0 Å². The van der Waals surface area contributed by atoms with Gasteiger partial charge in [-0.25, -0.2) is 15.0 Å². The zero-order chi connectivity index (χ0) is 36.3. The minimum absolute atomic E-state index is 0.648. The van der Waals surface area contributed by atoms with Crippen molar-refractivity contribution in [2.24, 2.45) is 0 Å². The molecule has 0 N–H and O–H groups in total. The van der Waals surface area contributed by atoms with E-state index in [1.807, 2.05) is 6.07 Å². The fourth-order valence-corrected chi connectivity index (χ4v) is 8.23. The summed E-state index contributed by atoms with van der Waals surface area (Å²) in [6, 6.07) is 67.0. The Morgan fingerprint density at radius 3 is 1.85 bits per heavy atom. The molecule has 3 heterocycles. The summed E-state index contributed by atoms with van der Waals surface area (Å²) >= 11 is 0. The SMILES string of the molecule is c1ccc(-c2ccc(-c3cccc4c3c3cc5ccccc5cc3n4-c3ccc(-c4nc(-c5cccc6ccccc56)c5cccnc5n4)cc3)cc2)cc1. The molecule has 4 heteroatoms. The van der Waals surface area contributed by atoms with Crippen LogP contribution in [0, 0.1) is 0 Å². The van der Waals surface area contributed by atoms with E-state index in [0.29, 0.717) is 11.5 Å². The molecule has 8 aromatic carbocycles. The third-order valence-corrected chi connectivity index (χ3v) is 10.9. The van der Waals surface area contributed by atoms with E-state index in [9.17, 15) is 0 Å². The molecule has 0 aliphatic carbocycles. The first-order valence-corrected chi connectivity index (χ1v) is 18.6. The lowest BCUT2D eigenvalue weighted by Gasteiger charge is -2.12. The van der Waals surface area contributed by atoms with E-state index in [4.69, 9.17) is 9.97 Å². The fourth-order valence-electron chi connectivity index (χ4n) is 8.23. The van der Waals surface area contributed by atoms with E-state index < -0.39 is 0 Å². The third kappa shape index (κ3) is 5.19. The van der Waals surface area contributed by atoms with Crippen molar-refractivity contribution in [2.75, 3.05) is 0 Å². The number of aromatic nitrogens is 4. The largest absolute Gasteiger partial charge is 0.309 e. The van der Waals surface area contributed by atoms with E-state index in [1.54, 1.807) is 6.20 Å². The maximum atomic E-state index is 5.23. The molecular weight excluding hydrogens is 669 g/mol. The lowest BCUT2D eigenvalue weighted by Crippen LogP contribution is -1.98. The van der Waals surface area contributed by atoms with E-state index in [1.165, 1.54) is 54.7 Å². The molecule has 256 valence electrons. The third-order valence-electron chi connectivity index (χ3n) is 10.9. The molecule has 11 rings (SSSR count). The summed E-state index contributed by atoms with van der Waals surface area (Å²) in [5.41, 5.74) is 11.8. The van der Waals surface area contributed by atoms with Crippen molar-refractivity contribution >= 4 is 54.4 Å². The highest BCUT2D eigenvalue weighted by molar-refractivity contribution is 6.18. The Morgan fingerprint density at radius 1 is 0.382 bits per heavy atom. The van der Waals surface area contributed by atoms with Gasteiger partial charge in [0.25, 0.3) is 0 Å². The number of rotatable bonds is 5. The molecule has 0 saturated heterocycles. The van der Waals surface area contributed by atoms with E-state index in [-0.39, 0.29) is 0 Å². The van der Waals surface area contributed by atoms with Gasteiger partial charge in [0.1, 0.15) is 0 Å². The van der Waals surface area contributed by atoms with Crippen LogP contribution in [0.25, 0.3) is 105 Å². The number of nitrogens with zero attached hydrogens (tertiary/aromatic N) is 4. The summed E-state index contributed by atoms with van der Waals surface area (Å²) in [6.45, 7) is 0. The molecule has 0 aliphatic heterocycles. The van der Waals surface area contributed by atoms with Gasteiger partial charge in [-0.3, -0.25) is 0 Å². The normalized spacial score (nSPS) is 11.6. The molecule has 0 saturated carbocycles. The van der Waals surface area contributed by atoms with Crippen molar-refractivity contribution in [3.05, 3.63) is 194 Å². The molecule has 0 fully saturated rings. The van der Waals surface area contributed by atoms with Crippen molar-refractivity contribution in [2.45, 2.75) is 0 Å². The van der Waals surface area contributed by atoms with Crippen molar-refractivity contribution in [1.82, 2.24) is 19.5 Å². The molecule has 4 nitrogen and oxygen atoms in total. The van der Waals surface area contributed by atoms with Crippen molar-refractivity contribution in [1.29, 1.82) is 0 Å². The van der Waals surface area contributed by atoms with Crippen molar-refractivity contribution in [3.63, 3.8) is 0 Å². The lowest BCUT2D eigenvalue weighted by atomic mass is 9.96. The molecule has 55 heavy (non-hydrogen) atoms. The number of hydrogen-bond acceptors (Lipinski definition) is 3. The standard InChI is InChI=1S/C51H32N4/c1-2-11-33(12-3-1)34-22-24-36(25-23-34)42-18-9-21-46-48(42)45-31-38-14-4-5-15-39(38)32-47(45)55(46)40-28-26-37(27-29-40)50-53-49(44-20-10-30-52-51(44)54-50)43-19-8-16-35-13-6-7-17-41(35)43/h1-32H. The summed E-state index contributed by atoms with van der Waals surface area (Å²) in [5, 5.41) is 8.16. The van der Waals surface area contributed by atoms with Crippen LogP contribution >= 0.6 is 0 Å². The van der Waals surface area contributed by atoms with Crippen molar-refractivity contribution < 1.29 is 0 Å². The van der Waals surface area contributed by atoms with E-state index >= 15 is 0 Å². The Hall–Kier alpha value is -7.43. The highest BCUT2D eigenvalue weighted by Crippen LogP contribution is 2.41. The van der Waals surface area contributed by atoms with Gasteiger partial charge in [-0.1, -0.05) is 133 Å². The van der Waals surface area contributed by atoms with Gasteiger partial charge >= 0.3 is 0 Å². The van der Waals surface area contributed by atoms with Crippen LogP contribution in [-0.2, 0) is 0 Å². The molecule has 0 amide bonds. The average molecular weight is 701 g/mol. The maximum absolute atomic E-state index is 5.23. The van der Waals surface area contributed by atoms with Crippen LogP contribution in [-0.4, -0.2) is 19.5 Å². The molecule has 3 aromatic heterocycles. The van der Waals surface area contributed by atoms with Crippen LogP contribution in [0.4, 0.5) is 0 Å². The predicted octanol–water partition coefficient (Wildman–Crippen LogP) is 13.1. The topological polar surface area (TPSA) is 43.6 Å². The first-order chi connectivity index (χ1) is 27.3. The predicted molar refractivity (Wildman–Crippen MR) is 228 cm³/mol. The molecule has 0 atom stereocenters. The Kier molecular flexibility index (Phi) is 7.14. The van der Waals surface area contributed by atoms with Crippen LogP contribution in [0.2, 0.25) is 0 Å². The Labute approximate surface area is 317 Å². The molecule has 11 aromatic rings. The first kappa shape index (κ1) is 31.1. The smallest absolute Gasteiger partial charge is 0.163 e. The first-order valence-electron chi connectivity index (χ1n) is 18.6. The second-order valence-electron chi connectivity index (χ2n) is 14.0. The highest BCUT2D eigenvalue weighted by atomic mass is 15.0. The van der Waals surface area contributed by atoms with Gasteiger partial charge in [0.2, 0.25) is 0 Å². The summed E-state index contributed by atoms with van der Waals surface area (Å²) in [5.74, 6) is 0.648. The summed E-state index contributed by atoms with van der Waals surface area (Å²) in [6.07, 6.45) is 1.80. The molecule has 0 spiro atoms. The average Bonchev–Trinajstić information content (AvgIpc) is 3.58. The Balaban J connectivity index is 1.07. The number of fused-ring (bicyclic) bond motifs is 6. The van der Waals surface area contributed by atoms with E-state index in [2.05, 4.69) is 192 Å². The van der Waals surface area contributed by atoms with Gasteiger partial charge in [0, 0.05) is 39.2 Å². The molecule has 0 radical (unpaired) electrons. The second-order valence-corrected chi connectivity index (χ2v) is 14.0. The quantitative estimate of drug-likeness (QED) is 0.179. The van der Waals surface area contributed by atoms with Gasteiger partial charge in [0.15, 0.2) is 11.5 Å². The maximum Gasteiger partial charge on any atom is 0.163 e. The number of hydrogen-bond donors (Lipinski definition) is 0.